The summed E-state index contributed by atoms with van der Waals surface area (Å²) in [6.45, 7) is 0.525. The molecule has 0 amide bonds. The van der Waals surface area contributed by atoms with E-state index in [9.17, 15) is 0 Å². The van der Waals surface area contributed by atoms with Gasteiger partial charge in [0.05, 0.1) is 9.39 Å². The number of aryl methyl sites for hydroxylation is 1. The molecule has 0 saturated carbocycles. The van der Waals surface area contributed by atoms with Gasteiger partial charge in [-0.2, -0.15) is 5.10 Å². The first-order valence-electron chi connectivity index (χ1n) is 2.62. The SMILES string of the molecule is Cn1nc(CN)cc1I. The molecule has 0 aliphatic heterocycles. The molecule has 1 aromatic rings. The van der Waals surface area contributed by atoms with Gasteiger partial charge in [-0.15, -0.1) is 0 Å². The van der Waals surface area contributed by atoms with E-state index in [2.05, 4.69) is 27.7 Å². The van der Waals surface area contributed by atoms with Crippen molar-refractivity contribution in [3.63, 3.8) is 0 Å². The maximum atomic E-state index is 5.35. The standard InChI is InChI=1S/C5H8IN3/c1-9-5(6)2-4(3-7)8-9/h2H,3,7H2,1H3. The van der Waals surface area contributed by atoms with E-state index in [0.717, 1.165) is 9.39 Å². The van der Waals surface area contributed by atoms with Gasteiger partial charge in [0.15, 0.2) is 0 Å². The normalized spacial score (nSPS) is 10.1. The summed E-state index contributed by atoms with van der Waals surface area (Å²) in [5, 5.41) is 4.11. The Hall–Kier alpha value is -0.100. The molecule has 9 heavy (non-hydrogen) atoms. The summed E-state index contributed by atoms with van der Waals surface area (Å²) in [5.74, 6) is 0. The van der Waals surface area contributed by atoms with Gasteiger partial charge in [0, 0.05) is 13.6 Å². The van der Waals surface area contributed by atoms with Crippen LogP contribution in [-0.2, 0) is 13.6 Å². The van der Waals surface area contributed by atoms with E-state index in [1.165, 1.54) is 0 Å². The van der Waals surface area contributed by atoms with Crippen molar-refractivity contribution in [2.24, 2.45) is 12.8 Å². The van der Waals surface area contributed by atoms with Gasteiger partial charge < -0.3 is 5.73 Å². The summed E-state index contributed by atoms with van der Waals surface area (Å²) in [4.78, 5) is 0. The summed E-state index contributed by atoms with van der Waals surface area (Å²) in [7, 11) is 1.90. The topological polar surface area (TPSA) is 43.8 Å². The fourth-order valence-corrected chi connectivity index (χ4v) is 1.07. The van der Waals surface area contributed by atoms with Crippen molar-refractivity contribution in [3.05, 3.63) is 15.5 Å². The van der Waals surface area contributed by atoms with Gasteiger partial charge in [0.1, 0.15) is 0 Å². The van der Waals surface area contributed by atoms with E-state index in [0.29, 0.717) is 6.54 Å². The Balaban J connectivity index is 2.98. The lowest BCUT2D eigenvalue weighted by Crippen LogP contribution is -1.98. The van der Waals surface area contributed by atoms with E-state index >= 15 is 0 Å². The third-order valence-electron chi connectivity index (χ3n) is 1.08. The lowest BCUT2D eigenvalue weighted by Gasteiger charge is -1.86. The molecule has 0 spiro atoms. The molecule has 0 aliphatic carbocycles. The first-order chi connectivity index (χ1) is 4.24. The lowest BCUT2D eigenvalue weighted by molar-refractivity contribution is 0.726. The molecule has 1 heterocycles. The number of hydrogen-bond acceptors (Lipinski definition) is 2. The van der Waals surface area contributed by atoms with Crippen LogP contribution in [0, 0.1) is 3.70 Å². The highest BCUT2D eigenvalue weighted by atomic mass is 127. The van der Waals surface area contributed by atoms with E-state index in [4.69, 9.17) is 5.73 Å². The summed E-state index contributed by atoms with van der Waals surface area (Å²) in [5.41, 5.74) is 6.30. The van der Waals surface area contributed by atoms with Crippen molar-refractivity contribution < 1.29 is 0 Å². The maximum Gasteiger partial charge on any atom is 0.0989 e. The molecule has 0 bridgehead atoms. The fraction of sp³-hybridized carbons (Fsp3) is 0.400. The minimum Gasteiger partial charge on any atom is -0.325 e. The molecule has 0 unspecified atom stereocenters. The van der Waals surface area contributed by atoms with E-state index in [1.54, 1.807) is 0 Å². The molecular weight excluding hydrogens is 229 g/mol. The Labute approximate surface area is 67.4 Å². The third kappa shape index (κ3) is 1.42. The van der Waals surface area contributed by atoms with Crippen LogP contribution in [0.2, 0.25) is 0 Å². The summed E-state index contributed by atoms with van der Waals surface area (Å²) in [6.07, 6.45) is 0. The Morgan fingerprint density at radius 2 is 2.56 bits per heavy atom. The summed E-state index contributed by atoms with van der Waals surface area (Å²) < 4.78 is 2.93. The van der Waals surface area contributed by atoms with Crippen molar-refractivity contribution in [1.82, 2.24) is 9.78 Å². The predicted molar refractivity (Wildman–Crippen MR) is 43.8 cm³/mol. The van der Waals surface area contributed by atoms with Crippen molar-refractivity contribution in [1.29, 1.82) is 0 Å². The van der Waals surface area contributed by atoms with Crippen molar-refractivity contribution in [3.8, 4) is 0 Å². The first-order valence-corrected chi connectivity index (χ1v) is 3.70. The number of hydrogen-bond donors (Lipinski definition) is 1. The largest absolute Gasteiger partial charge is 0.325 e. The molecular formula is C5H8IN3. The zero-order chi connectivity index (χ0) is 6.85. The number of halogens is 1. The van der Waals surface area contributed by atoms with Crippen LogP contribution in [0.3, 0.4) is 0 Å². The third-order valence-corrected chi connectivity index (χ3v) is 2.09. The molecule has 0 fully saturated rings. The van der Waals surface area contributed by atoms with E-state index < -0.39 is 0 Å². The molecule has 0 aromatic carbocycles. The zero-order valence-corrected chi connectivity index (χ0v) is 7.29. The van der Waals surface area contributed by atoms with Gasteiger partial charge >= 0.3 is 0 Å². The van der Waals surface area contributed by atoms with E-state index in [-0.39, 0.29) is 0 Å². The number of rotatable bonds is 1. The average molecular weight is 237 g/mol. The highest BCUT2D eigenvalue weighted by molar-refractivity contribution is 14.1. The zero-order valence-electron chi connectivity index (χ0n) is 5.13. The molecule has 1 rings (SSSR count). The highest BCUT2D eigenvalue weighted by Gasteiger charge is 1.97. The van der Waals surface area contributed by atoms with Crippen molar-refractivity contribution in [2.75, 3.05) is 0 Å². The van der Waals surface area contributed by atoms with Crippen LogP contribution in [0.1, 0.15) is 5.69 Å². The van der Waals surface area contributed by atoms with Gasteiger partial charge in [0.2, 0.25) is 0 Å². The second-order valence-electron chi connectivity index (χ2n) is 1.79. The van der Waals surface area contributed by atoms with Crippen molar-refractivity contribution in [2.45, 2.75) is 6.54 Å². The van der Waals surface area contributed by atoms with Gasteiger partial charge in [-0.05, 0) is 28.7 Å². The first kappa shape index (κ1) is 7.01. The number of nitrogens with zero attached hydrogens (tertiary/aromatic N) is 2. The molecule has 0 atom stereocenters. The van der Waals surface area contributed by atoms with Crippen LogP contribution in [0.5, 0.6) is 0 Å². The molecule has 0 aliphatic rings. The van der Waals surface area contributed by atoms with Crippen LogP contribution in [0.25, 0.3) is 0 Å². The van der Waals surface area contributed by atoms with Crippen LogP contribution < -0.4 is 5.73 Å². The summed E-state index contributed by atoms with van der Waals surface area (Å²) >= 11 is 2.21. The van der Waals surface area contributed by atoms with Crippen molar-refractivity contribution >= 4 is 22.6 Å². The van der Waals surface area contributed by atoms with Crippen LogP contribution in [0.15, 0.2) is 6.07 Å². The molecule has 1 aromatic heterocycles. The van der Waals surface area contributed by atoms with Gasteiger partial charge in [0.25, 0.3) is 0 Å². The minimum atomic E-state index is 0.525. The maximum absolute atomic E-state index is 5.35. The lowest BCUT2D eigenvalue weighted by atomic mass is 10.4. The van der Waals surface area contributed by atoms with Crippen LogP contribution in [0.4, 0.5) is 0 Å². The molecule has 0 radical (unpaired) electrons. The fourth-order valence-electron chi connectivity index (χ4n) is 0.600. The Morgan fingerprint density at radius 3 is 2.78 bits per heavy atom. The Bertz CT molecular complexity index is 186. The quantitative estimate of drug-likeness (QED) is 0.722. The van der Waals surface area contributed by atoms with Crippen LogP contribution >= 0.6 is 22.6 Å². The Morgan fingerprint density at radius 1 is 1.89 bits per heavy atom. The van der Waals surface area contributed by atoms with Gasteiger partial charge in [-0.3, -0.25) is 4.68 Å². The molecule has 50 valence electrons. The van der Waals surface area contributed by atoms with Gasteiger partial charge in [-0.1, -0.05) is 0 Å². The molecule has 2 N–H and O–H groups in total. The van der Waals surface area contributed by atoms with Crippen LogP contribution in [-0.4, -0.2) is 9.78 Å². The molecule has 0 saturated heterocycles. The Kier molecular flexibility index (Phi) is 2.07. The second kappa shape index (κ2) is 2.66. The second-order valence-corrected chi connectivity index (χ2v) is 2.89. The highest BCUT2D eigenvalue weighted by Crippen LogP contribution is 2.04. The molecule has 3 nitrogen and oxygen atoms in total. The molecule has 4 heteroatoms. The summed E-state index contributed by atoms with van der Waals surface area (Å²) in [6, 6.07) is 1.97. The van der Waals surface area contributed by atoms with Gasteiger partial charge in [-0.25, -0.2) is 0 Å². The predicted octanol–water partition coefficient (Wildman–Crippen LogP) is 0.483. The monoisotopic (exact) mass is 237 g/mol. The average Bonchev–Trinajstić information content (AvgIpc) is 2.13. The number of aromatic nitrogens is 2. The van der Waals surface area contributed by atoms with E-state index in [1.807, 2.05) is 17.8 Å². The minimum absolute atomic E-state index is 0.525. The smallest absolute Gasteiger partial charge is 0.0989 e. The number of nitrogens with two attached hydrogens (primary N) is 1.